The third-order valence-corrected chi connectivity index (χ3v) is 4.20. The molecule has 2 fully saturated rings. The van der Waals surface area contributed by atoms with Crippen molar-refractivity contribution in [3.63, 3.8) is 0 Å². The average Bonchev–Trinajstić information content (AvgIpc) is 3.19. The summed E-state index contributed by atoms with van der Waals surface area (Å²) in [5.41, 5.74) is 1.30. The summed E-state index contributed by atoms with van der Waals surface area (Å²) in [6.07, 6.45) is 1.99. The SMILES string of the molecule is O=C(O)C(F)(F)F.c1cc(C2CCCN2C2CCNCC2)[nH]n1. The first-order valence-corrected chi connectivity index (χ1v) is 7.65. The second-order valence-electron chi connectivity index (χ2n) is 5.69. The maximum Gasteiger partial charge on any atom is 0.490 e. The maximum absolute atomic E-state index is 10.6. The maximum atomic E-state index is 10.6. The lowest BCUT2D eigenvalue weighted by Crippen LogP contribution is -2.42. The van der Waals surface area contributed by atoms with E-state index in [2.05, 4.69) is 26.5 Å². The molecule has 2 aliphatic heterocycles. The van der Waals surface area contributed by atoms with Crippen LogP contribution in [0.1, 0.15) is 37.4 Å². The standard InChI is InChI=1S/C12H20N4.C2HF3O2/c1-2-12(11-5-8-14-15-11)16(9-1)10-3-6-13-7-4-10;3-2(4,5)1(6)7/h5,8,10,12-13H,1-4,6-7,9H2,(H,14,15);(H,6,7). The van der Waals surface area contributed by atoms with Gasteiger partial charge in [-0.3, -0.25) is 10.00 Å². The second-order valence-corrected chi connectivity index (χ2v) is 5.69. The number of likely N-dealkylation sites (tertiary alicyclic amines) is 1. The van der Waals surface area contributed by atoms with Gasteiger partial charge in [-0.25, -0.2) is 4.79 Å². The summed E-state index contributed by atoms with van der Waals surface area (Å²) in [5, 5.41) is 17.8. The van der Waals surface area contributed by atoms with E-state index in [0.29, 0.717) is 6.04 Å². The van der Waals surface area contributed by atoms with Crippen LogP contribution in [0.2, 0.25) is 0 Å². The molecule has 0 aliphatic carbocycles. The van der Waals surface area contributed by atoms with E-state index in [0.717, 1.165) is 6.04 Å². The number of piperidine rings is 1. The van der Waals surface area contributed by atoms with Crippen molar-refractivity contribution >= 4 is 5.97 Å². The van der Waals surface area contributed by atoms with Gasteiger partial charge < -0.3 is 10.4 Å². The minimum atomic E-state index is -5.08. The molecule has 1 unspecified atom stereocenters. The number of halogens is 3. The van der Waals surface area contributed by atoms with E-state index < -0.39 is 12.1 Å². The van der Waals surface area contributed by atoms with Gasteiger partial charge in [-0.2, -0.15) is 18.3 Å². The van der Waals surface area contributed by atoms with Crippen molar-refractivity contribution in [3.8, 4) is 0 Å². The van der Waals surface area contributed by atoms with Gasteiger partial charge in [0, 0.05) is 12.2 Å². The quantitative estimate of drug-likeness (QED) is 0.770. The van der Waals surface area contributed by atoms with E-state index in [-0.39, 0.29) is 0 Å². The van der Waals surface area contributed by atoms with Gasteiger partial charge in [0.1, 0.15) is 0 Å². The third-order valence-electron chi connectivity index (χ3n) is 4.20. The molecule has 9 heteroatoms. The molecule has 1 atom stereocenters. The number of nitrogens with zero attached hydrogens (tertiary/aromatic N) is 2. The minimum absolute atomic E-state index is 0.589. The Morgan fingerprint density at radius 2 is 1.96 bits per heavy atom. The van der Waals surface area contributed by atoms with Crippen molar-refractivity contribution in [2.45, 2.75) is 43.9 Å². The van der Waals surface area contributed by atoms with E-state index in [9.17, 15) is 13.2 Å². The lowest BCUT2D eigenvalue weighted by atomic mass is 10.0. The zero-order valence-electron chi connectivity index (χ0n) is 12.6. The van der Waals surface area contributed by atoms with Crippen LogP contribution in [-0.2, 0) is 4.79 Å². The van der Waals surface area contributed by atoms with Crippen molar-refractivity contribution in [3.05, 3.63) is 18.0 Å². The molecule has 3 heterocycles. The molecule has 0 amide bonds. The number of aromatic nitrogens is 2. The molecule has 0 aromatic carbocycles. The first kappa shape index (κ1) is 17.7. The Labute approximate surface area is 132 Å². The Kier molecular flexibility index (Phi) is 6.00. The number of alkyl halides is 3. The predicted molar refractivity (Wildman–Crippen MR) is 76.9 cm³/mol. The van der Waals surface area contributed by atoms with Crippen LogP contribution in [0.25, 0.3) is 0 Å². The largest absolute Gasteiger partial charge is 0.490 e. The number of rotatable bonds is 2. The van der Waals surface area contributed by atoms with E-state index in [1.807, 2.05) is 6.20 Å². The summed E-state index contributed by atoms with van der Waals surface area (Å²) >= 11 is 0. The van der Waals surface area contributed by atoms with Crippen molar-refractivity contribution in [2.75, 3.05) is 19.6 Å². The highest BCUT2D eigenvalue weighted by atomic mass is 19.4. The molecule has 0 saturated carbocycles. The molecule has 3 N–H and O–H groups in total. The summed E-state index contributed by atoms with van der Waals surface area (Å²) in [6.45, 7) is 3.61. The van der Waals surface area contributed by atoms with E-state index in [1.165, 1.54) is 51.0 Å². The Morgan fingerprint density at radius 3 is 2.48 bits per heavy atom. The molecule has 130 valence electrons. The lowest BCUT2D eigenvalue weighted by Gasteiger charge is -2.35. The highest BCUT2D eigenvalue weighted by Gasteiger charge is 2.38. The highest BCUT2D eigenvalue weighted by molar-refractivity contribution is 5.73. The molecular formula is C14H21F3N4O2. The first-order chi connectivity index (χ1) is 10.9. The van der Waals surface area contributed by atoms with Gasteiger partial charge in [0.05, 0.1) is 11.7 Å². The van der Waals surface area contributed by atoms with Gasteiger partial charge in [0.25, 0.3) is 0 Å². The van der Waals surface area contributed by atoms with Crippen molar-refractivity contribution in [1.82, 2.24) is 20.4 Å². The second kappa shape index (κ2) is 7.78. The topological polar surface area (TPSA) is 81.2 Å². The van der Waals surface area contributed by atoms with Crippen LogP contribution in [0, 0.1) is 0 Å². The molecular weight excluding hydrogens is 313 g/mol. The fourth-order valence-corrected chi connectivity index (χ4v) is 3.15. The smallest absolute Gasteiger partial charge is 0.475 e. The van der Waals surface area contributed by atoms with E-state index >= 15 is 0 Å². The highest BCUT2D eigenvalue weighted by Crippen LogP contribution is 2.34. The lowest BCUT2D eigenvalue weighted by molar-refractivity contribution is -0.192. The van der Waals surface area contributed by atoms with Crippen LogP contribution in [0.5, 0.6) is 0 Å². The summed E-state index contributed by atoms with van der Waals surface area (Å²) in [6, 6.07) is 3.49. The Bertz CT molecular complexity index is 487. The van der Waals surface area contributed by atoms with Gasteiger partial charge in [-0.05, 0) is 51.4 Å². The number of carboxylic acids is 1. The van der Waals surface area contributed by atoms with Crippen LogP contribution in [0.4, 0.5) is 13.2 Å². The summed E-state index contributed by atoms with van der Waals surface area (Å²) in [5.74, 6) is -2.76. The number of aliphatic carboxylic acids is 1. The van der Waals surface area contributed by atoms with Crippen LogP contribution >= 0.6 is 0 Å². The van der Waals surface area contributed by atoms with Gasteiger partial charge >= 0.3 is 12.1 Å². The zero-order valence-corrected chi connectivity index (χ0v) is 12.6. The van der Waals surface area contributed by atoms with Crippen LogP contribution in [0.3, 0.4) is 0 Å². The number of hydrogen-bond donors (Lipinski definition) is 3. The monoisotopic (exact) mass is 334 g/mol. The molecule has 0 radical (unpaired) electrons. The Hall–Kier alpha value is -1.61. The third kappa shape index (κ3) is 4.93. The van der Waals surface area contributed by atoms with Gasteiger partial charge in [-0.1, -0.05) is 0 Å². The normalized spacial score (nSPS) is 23.3. The predicted octanol–water partition coefficient (Wildman–Crippen LogP) is 1.93. The summed E-state index contributed by atoms with van der Waals surface area (Å²) < 4.78 is 31.7. The fourth-order valence-electron chi connectivity index (χ4n) is 3.15. The van der Waals surface area contributed by atoms with Gasteiger partial charge in [0.15, 0.2) is 0 Å². The number of H-pyrrole nitrogens is 1. The summed E-state index contributed by atoms with van der Waals surface area (Å²) in [7, 11) is 0. The number of carbonyl (C=O) groups is 1. The first-order valence-electron chi connectivity index (χ1n) is 7.65. The molecule has 6 nitrogen and oxygen atoms in total. The molecule has 3 rings (SSSR count). The molecule has 0 bridgehead atoms. The van der Waals surface area contributed by atoms with Crippen LogP contribution < -0.4 is 5.32 Å². The van der Waals surface area contributed by atoms with Crippen molar-refractivity contribution in [2.24, 2.45) is 0 Å². The van der Waals surface area contributed by atoms with Gasteiger partial charge in [0.2, 0.25) is 0 Å². The average molecular weight is 334 g/mol. The molecule has 1 aromatic rings. The van der Waals surface area contributed by atoms with Crippen LogP contribution in [0.15, 0.2) is 12.3 Å². The Balaban J connectivity index is 0.000000236. The summed E-state index contributed by atoms with van der Waals surface area (Å²) in [4.78, 5) is 11.6. The molecule has 2 aliphatic rings. The Morgan fingerprint density at radius 1 is 1.30 bits per heavy atom. The number of carboxylic acid groups (broad SMARTS) is 1. The van der Waals surface area contributed by atoms with Crippen LogP contribution in [-0.4, -0.2) is 58.0 Å². The number of hydrogen-bond acceptors (Lipinski definition) is 4. The van der Waals surface area contributed by atoms with Gasteiger partial charge in [-0.15, -0.1) is 0 Å². The minimum Gasteiger partial charge on any atom is -0.475 e. The number of nitrogens with one attached hydrogen (secondary N) is 2. The van der Waals surface area contributed by atoms with E-state index in [4.69, 9.17) is 9.90 Å². The fraction of sp³-hybridized carbons (Fsp3) is 0.714. The number of aromatic amines is 1. The van der Waals surface area contributed by atoms with Crippen molar-refractivity contribution < 1.29 is 23.1 Å². The van der Waals surface area contributed by atoms with Crippen molar-refractivity contribution in [1.29, 1.82) is 0 Å². The zero-order chi connectivity index (χ0) is 16.9. The molecule has 23 heavy (non-hydrogen) atoms. The molecule has 0 spiro atoms. The molecule has 2 saturated heterocycles. The van der Waals surface area contributed by atoms with E-state index in [1.54, 1.807) is 0 Å². The molecule has 1 aromatic heterocycles.